The third-order valence-corrected chi connectivity index (χ3v) is 6.54. The Hall–Kier alpha value is -2.62. The van der Waals surface area contributed by atoms with Gasteiger partial charge in [-0.3, -0.25) is 9.98 Å². The Labute approximate surface area is 205 Å². The number of phenolic OH excluding ortho intramolecular Hbond substituents is 2. The van der Waals surface area contributed by atoms with Gasteiger partial charge in [-0.05, 0) is 98.6 Å². The number of rotatable bonds is 8. The van der Waals surface area contributed by atoms with Crippen molar-refractivity contribution in [2.75, 3.05) is 0 Å². The molecule has 2 atom stereocenters. The number of phenols is 2. The van der Waals surface area contributed by atoms with Crippen molar-refractivity contribution < 1.29 is 10.2 Å². The van der Waals surface area contributed by atoms with Crippen LogP contribution in [0.15, 0.2) is 34.3 Å². The lowest BCUT2D eigenvalue weighted by molar-refractivity contribution is 0.397. The molecule has 34 heavy (non-hydrogen) atoms. The van der Waals surface area contributed by atoms with E-state index in [1.54, 1.807) is 0 Å². The maximum atomic E-state index is 10.5. The van der Waals surface area contributed by atoms with E-state index in [0.29, 0.717) is 23.3 Å². The zero-order valence-electron chi connectivity index (χ0n) is 21.8. The van der Waals surface area contributed by atoms with Gasteiger partial charge in [0.25, 0.3) is 0 Å². The number of nitrogens with zero attached hydrogens (tertiary/aromatic N) is 2. The van der Waals surface area contributed by atoms with Gasteiger partial charge in [0.2, 0.25) is 0 Å². The molecule has 0 aromatic heterocycles. The highest BCUT2D eigenvalue weighted by atomic mass is 16.3. The molecular formula is C30H42N2O2. The van der Waals surface area contributed by atoms with Crippen LogP contribution in [-0.4, -0.2) is 34.7 Å². The van der Waals surface area contributed by atoms with Gasteiger partial charge in [0, 0.05) is 23.6 Å². The molecule has 0 radical (unpaired) electrons. The summed E-state index contributed by atoms with van der Waals surface area (Å²) in [6.45, 7) is 12.7. The van der Waals surface area contributed by atoms with E-state index in [-0.39, 0.29) is 12.1 Å². The smallest absolute Gasteiger partial charge is 0.127 e. The number of aryl methyl sites for hydroxylation is 2. The fraction of sp³-hybridized carbons (Fsp3) is 0.533. The molecule has 1 aliphatic rings. The highest BCUT2D eigenvalue weighted by Gasteiger charge is 2.20. The van der Waals surface area contributed by atoms with Gasteiger partial charge in [0.05, 0.1) is 12.1 Å². The van der Waals surface area contributed by atoms with Crippen molar-refractivity contribution in [3.8, 4) is 11.5 Å². The first-order valence-corrected chi connectivity index (χ1v) is 12.8. The predicted octanol–water partition coefficient (Wildman–Crippen LogP) is 6.96. The van der Waals surface area contributed by atoms with E-state index < -0.39 is 0 Å². The van der Waals surface area contributed by atoms with Crippen LogP contribution in [0.5, 0.6) is 11.5 Å². The molecule has 1 saturated carbocycles. The van der Waals surface area contributed by atoms with Crippen LogP contribution in [0.1, 0.15) is 86.8 Å². The van der Waals surface area contributed by atoms with E-state index in [4.69, 9.17) is 9.98 Å². The van der Waals surface area contributed by atoms with Crippen LogP contribution in [0.25, 0.3) is 0 Å². The molecule has 4 heteroatoms. The molecule has 0 spiro atoms. The molecular weight excluding hydrogens is 420 g/mol. The summed E-state index contributed by atoms with van der Waals surface area (Å²) in [4.78, 5) is 9.70. The molecule has 2 aromatic carbocycles. The van der Waals surface area contributed by atoms with E-state index in [0.717, 1.165) is 60.8 Å². The van der Waals surface area contributed by atoms with Crippen LogP contribution in [0.2, 0.25) is 0 Å². The van der Waals surface area contributed by atoms with Gasteiger partial charge in [-0.1, -0.05) is 39.8 Å². The second-order valence-corrected chi connectivity index (χ2v) is 10.9. The van der Waals surface area contributed by atoms with Crippen molar-refractivity contribution in [3.63, 3.8) is 0 Å². The molecule has 0 aliphatic heterocycles. The Balaban J connectivity index is 1.71. The van der Waals surface area contributed by atoms with E-state index in [2.05, 4.69) is 52.0 Å². The van der Waals surface area contributed by atoms with E-state index in [1.165, 1.54) is 11.1 Å². The minimum Gasteiger partial charge on any atom is -0.507 e. The van der Waals surface area contributed by atoms with E-state index in [1.807, 2.05) is 26.3 Å². The maximum Gasteiger partial charge on any atom is 0.127 e. The van der Waals surface area contributed by atoms with Crippen LogP contribution >= 0.6 is 0 Å². The van der Waals surface area contributed by atoms with Crippen molar-refractivity contribution in [3.05, 3.63) is 57.6 Å². The molecule has 2 aromatic rings. The molecule has 0 bridgehead atoms. The number of hydrogen-bond acceptors (Lipinski definition) is 4. The minimum absolute atomic E-state index is 0.201. The topological polar surface area (TPSA) is 65.2 Å². The van der Waals surface area contributed by atoms with Crippen LogP contribution in [0, 0.1) is 25.7 Å². The number of aliphatic imine (C=N–C) groups is 2. The van der Waals surface area contributed by atoms with Crippen LogP contribution in [0.3, 0.4) is 0 Å². The number of benzene rings is 2. The third kappa shape index (κ3) is 7.19. The molecule has 2 N–H and O–H groups in total. The number of aromatic hydroxyl groups is 2. The van der Waals surface area contributed by atoms with Crippen LogP contribution in [0.4, 0.5) is 0 Å². The zero-order chi connectivity index (χ0) is 24.8. The van der Waals surface area contributed by atoms with E-state index >= 15 is 0 Å². The summed E-state index contributed by atoms with van der Waals surface area (Å²) in [6.07, 6.45) is 9.76. The third-order valence-electron chi connectivity index (χ3n) is 6.54. The second-order valence-electron chi connectivity index (χ2n) is 10.9. The number of hydrogen-bond donors (Lipinski definition) is 2. The first-order chi connectivity index (χ1) is 16.1. The average molecular weight is 463 g/mol. The van der Waals surface area contributed by atoms with Crippen molar-refractivity contribution in [2.24, 2.45) is 21.8 Å². The largest absolute Gasteiger partial charge is 0.507 e. The van der Waals surface area contributed by atoms with Gasteiger partial charge < -0.3 is 10.2 Å². The summed E-state index contributed by atoms with van der Waals surface area (Å²) in [5, 5.41) is 21.1. The van der Waals surface area contributed by atoms with Crippen molar-refractivity contribution in [1.29, 1.82) is 0 Å². The monoisotopic (exact) mass is 462 g/mol. The van der Waals surface area contributed by atoms with E-state index in [9.17, 15) is 10.2 Å². The van der Waals surface area contributed by atoms with Crippen LogP contribution in [-0.2, 0) is 12.8 Å². The van der Waals surface area contributed by atoms with Gasteiger partial charge in [-0.15, -0.1) is 0 Å². The lowest BCUT2D eigenvalue weighted by Crippen LogP contribution is -2.21. The van der Waals surface area contributed by atoms with Gasteiger partial charge >= 0.3 is 0 Å². The molecule has 184 valence electrons. The molecule has 2 unspecified atom stereocenters. The molecule has 0 heterocycles. The van der Waals surface area contributed by atoms with Crippen molar-refractivity contribution >= 4 is 12.4 Å². The Kier molecular flexibility index (Phi) is 8.93. The van der Waals surface area contributed by atoms with Crippen molar-refractivity contribution in [2.45, 2.75) is 92.2 Å². The lowest BCUT2D eigenvalue weighted by atomic mass is 9.91. The first-order valence-electron chi connectivity index (χ1n) is 12.8. The Morgan fingerprint density at radius 3 is 1.56 bits per heavy atom. The Morgan fingerprint density at radius 1 is 0.765 bits per heavy atom. The normalized spacial score (nSPS) is 19.2. The highest BCUT2D eigenvalue weighted by Crippen LogP contribution is 2.28. The maximum absolute atomic E-state index is 10.5. The van der Waals surface area contributed by atoms with Crippen LogP contribution < -0.4 is 0 Å². The van der Waals surface area contributed by atoms with Gasteiger partial charge in [0.15, 0.2) is 0 Å². The fourth-order valence-electron chi connectivity index (χ4n) is 4.92. The second kappa shape index (κ2) is 11.7. The molecule has 0 amide bonds. The standard InChI is InChI=1S/C30H42N2O2/c1-19(2)10-23-12-21(5)29(33)25(14-23)17-31-27-8-7-9-28(16-27)32-18-26-15-24(11-20(3)4)13-22(6)30(26)34/h12-15,17-20,27-28,33-34H,7-11,16H2,1-6H3. The van der Waals surface area contributed by atoms with Crippen molar-refractivity contribution in [1.82, 2.24) is 0 Å². The average Bonchev–Trinajstić information content (AvgIpc) is 2.76. The Bertz CT molecular complexity index is 955. The van der Waals surface area contributed by atoms with Gasteiger partial charge in [-0.25, -0.2) is 0 Å². The fourth-order valence-corrected chi connectivity index (χ4v) is 4.92. The summed E-state index contributed by atoms with van der Waals surface area (Å²) < 4.78 is 0. The molecule has 3 rings (SSSR count). The zero-order valence-corrected chi connectivity index (χ0v) is 21.8. The van der Waals surface area contributed by atoms with Gasteiger partial charge in [0.1, 0.15) is 11.5 Å². The highest BCUT2D eigenvalue weighted by molar-refractivity contribution is 5.85. The first kappa shape index (κ1) is 26.0. The summed E-state index contributed by atoms with van der Waals surface area (Å²) in [6, 6.07) is 8.69. The summed E-state index contributed by atoms with van der Waals surface area (Å²) >= 11 is 0. The molecule has 1 fully saturated rings. The minimum atomic E-state index is 0.201. The quantitative estimate of drug-likeness (QED) is 0.416. The summed E-state index contributed by atoms with van der Waals surface area (Å²) in [5.41, 5.74) is 5.91. The molecule has 4 nitrogen and oxygen atoms in total. The van der Waals surface area contributed by atoms with Gasteiger partial charge in [-0.2, -0.15) is 0 Å². The molecule has 0 saturated heterocycles. The predicted molar refractivity (Wildman–Crippen MR) is 144 cm³/mol. The summed E-state index contributed by atoms with van der Waals surface area (Å²) in [5.74, 6) is 1.79. The lowest BCUT2D eigenvalue weighted by Gasteiger charge is -2.24. The Morgan fingerprint density at radius 2 is 1.18 bits per heavy atom. The SMILES string of the molecule is Cc1cc(CC(C)C)cc(C=NC2CCCC(N=Cc3cc(CC(C)C)cc(C)c3O)C2)c1O. The summed E-state index contributed by atoms with van der Waals surface area (Å²) in [7, 11) is 0. The molecule has 1 aliphatic carbocycles.